The van der Waals surface area contributed by atoms with E-state index in [2.05, 4.69) is 15.3 Å². The summed E-state index contributed by atoms with van der Waals surface area (Å²) >= 11 is 0. The van der Waals surface area contributed by atoms with Gasteiger partial charge in [-0.3, -0.25) is 4.79 Å². The van der Waals surface area contributed by atoms with Crippen LogP contribution in [0.15, 0.2) is 42.7 Å². The van der Waals surface area contributed by atoms with Gasteiger partial charge < -0.3 is 11.1 Å². The van der Waals surface area contributed by atoms with Crippen LogP contribution in [0.2, 0.25) is 0 Å². The predicted molar refractivity (Wildman–Crippen MR) is 78.9 cm³/mol. The molecule has 0 saturated carbocycles. The lowest BCUT2D eigenvalue weighted by atomic mass is 10.1. The van der Waals surface area contributed by atoms with E-state index < -0.39 is 6.04 Å². The molecule has 0 aliphatic carbocycles. The second-order valence-electron chi connectivity index (χ2n) is 4.92. The third-order valence-corrected chi connectivity index (χ3v) is 2.97. The van der Waals surface area contributed by atoms with Crippen LogP contribution in [0.25, 0.3) is 11.4 Å². The van der Waals surface area contributed by atoms with Crippen LogP contribution in [0.5, 0.6) is 0 Å². The standard InChI is InChI=1S/C15H18N4O/c1-10(2)13(16)15(20)19-12-8-17-14(18-9-12)11-6-4-3-5-7-11/h3-10,13H,16H2,1-2H3,(H,19,20). The fraction of sp³-hybridized carbons (Fsp3) is 0.267. The molecular formula is C15H18N4O. The largest absolute Gasteiger partial charge is 0.322 e. The number of hydrogen-bond acceptors (Lipinski definition) is 4. The summed E-state index contributed by atoms with van der Waals surface area (Å²) < 4.78 is 0. The van der Waals surface area contributed by atoms with Gasteiger partial charge in [0.15, 0.2) is 5.82 Å². The van der Waals surface area contributed by atoms with Gasteiger partial charge in [0.1, 0.15) is 0 Å². The van der Waals surface area contributed by atoms with E-state index in [-0.39, 0.29) is 11.8 Å². The second-order valence-corrected chi connectivity index (χ2v) is 4.92. The van der Waals surface area contributed by atoms with E-state index in [1.807, 2.05) is 44.2 Å². The molecule has 0 radical (unpaired) electrons. The summed E-state index contributed by atoms with van der Waals surface area (Å²) in [6, 6.07) is 9.12. The number of benzene rings is 1. The number of nitrogens with one attached hydrogen (secondary N) is 1. The zero-order chi connectivity index (χ0) is 14.5. The van der Waals surface area contributed by atoms with Crippen molar-refractivity contribution in [3.05, 3.63) is 42.7 Å². The van der Waals surface area contributed by atoms with Crippen LogP contribution >= 0.6 is 0 Å². The van der Waals surface area contributed by atoms with Crippen molar-refractivity contribution in [2.75, 3.05) is 5.32 Å². The molecule has 1 aromatic carbocycles. The zero-order valence-corrected chi connectivity index (χ0v) is 11.6. The number of amides is 1. The maximum absolute atomic E-state index is 11.8. The molecule has 1 atom stereocenters. The molecule has 20 heavy (non-hydrogen) atoms. The normalized spacial score (nSPS) is 12.2. The molecule has 0 aliphatic rings. The van der Waals surface area contributed by atoms with Gasteiger partial charge in [-0.25, -0.2) is 9.97 Å². The Morgan fingerprint density at radius 2 is 1.75 bits per heavy atom. The van der Waals surface area contributed by atoms with Gasteiger partial charge in [0, 0.05) is 5.56 Å². The van der Waals surface area contributed by atoms with E-state index in [1.54, 1.807) is 12.4 Å². The average Bonchev–Trinajstić information content (AvgIpc) is 2.48. The number of aromatic nitrogens is 2. The fourth-order valence-electron chi connectivity index (χ4n) is 1.66. The Morgan fingerprint density at radius 3 is 2.30 bits per heavy atom. The molecule has 1 aromatic heterocycles. The highest BCUT2D eigenvalue weighted by atomic mass is 16.2. The predicted octanol–water partition coefficient (Wildman–Crippen LogP) is 2.07. The van der Waals surface area contributed by atoms with Crippen molar-refractivity contribution < 1.29 is 4.79 Å². The Morgan fingerprint density at radius 1 is 1.15 bits per heavy atom. The number of anilines is 1. The van der Waals surface area contributed by atoms with Gasteiger partial charge in [-0.05, 0) is 5.92 Å². The zero-order valence-electron chi connectivity index (χ0n) is 11.6. The van der Waals surface area contributed by atoms with Crippen LogP contribution < -0.4 is 11.1 Å². The van der Waals surface area contributed by atoms with Crippen molar-refractivity contribution in [2.45, 2.75) is 19.9 Å². The van der Waals surface area contributed by atoms with Crippen LogP contribution in [0, 0.1) is 5.92 Å². The summed E-state index contributed by atoms with van der Waals surface area (Å²) in [5.41, 5.74) is 7.26. The number of nitrogens with zero attached hydrogens (tertiary/aromatic N) is 2. The van der Waals surface area contributed by atoms with Gasteiger partial charge in [-0.15, -0.1) is 0 Å². The molecule has 1 heterocycles. The van der Waals surface area contributed by atoms with Crippen molar-refractivity contribution >= 4 is 11.6 Å². The summed E-state index contributed by atoms with van der Waals surface area (Å²) in [4.78, 5) is 20.3. The first-order valence-electron chi connectivity index (χ1n) is 6.52. The molecule has 5 heteroatoms. The third-order valence-electron chi connectivity index (χ3n) is 2.97. The van der Waals surface area contributed by atoms with Crippen molar-refractivity contribution in [3.8, 4) is 11.4 Å². The summed E-state index contributed by atoms with van der Waals surface area (Å²) in [5, 5.41) is 2.71. The smallest absolute Gasteiger partial charge is 0.241 e. The molecule has 5 nitrogen and oxygen atoms in total. The summed E-state index contributed by atoms with van der Waals surface area (Å²) in [6.45, 7) is 3.80. The Kier molecular flexibility index (Phi) is 4.42. The molecule has 0 bridgehead atoms. The third kappa shape index (κ3) is 3.39. The summed E-state index contributed by atoms with van der Waals surface area (Å²) in [6.07, 6.45) is 3.17. The second kappa shape index (κ2) is 6.25. The molecule has 1 amide bonds. The molecule has 0 saturated heterocycles. The highest BCUT2D eigenvalue weighted by molar-refractivity contribution is 5.94. The van der Waals surface area contributed by atoms with E-state index in [1.165, 1.54) is 0 Å². The number of nitrogens with two attached hydrogens (primary N) is 1. The minimum Gasteiger partial charge on any atom is -0.322 e. The SMILES string of the molecule is CC(C)C(N)C(=O)Nc1cnc(-c2ccccc2)nc1. The summed E-state index contributed by atoms with van der Waals surface area (Å²) in [5.74, 6) is 0.479. The number of hydrogen-bond donors (Lipinski definition) is 2. The fourth-order valence-corrected chi connectivity index (χ4v) is 1.66. The van der Waals surface area contributed by atoms with E-state index in [0.29, 0.717) is 11.5 Å². The highest BCUT2D eigenvalue weighted by Gasteiger charge is 2.17. The first kappa shape index (κ1) is 14.1. The molecular weight excluding hydrogens is 252 g/mol. The molecule has 3 N–H and O–H groups in total. The molecule has 0 aliphatic heterocycles. The van der Waals surface area contributed by atoms with E-state index in [0.717, 1.165) is 5.56 Å². The van der Waals surface area contributed by atoms with Gasteiger partial charge in [-0.1, -0.05) is 44.2 Å². The van der Waals surface area contributed by atoms with Crippen LogP contribution in [-0.2, 0) is 4.79 Å². The highest BCUT2D eigenvalue weighted by Crippen LogP contribution is 2.15. The molecule has 2 rings (SSSR count). The number of rotatable bonds is 4. The maximum Gasteiger partial charge on any atom is 0.241 e. The van der Waals surface area contributed by atoms with Crippen molar-refractivity contribution in [1.29, 1.82) is 0 Å². The molecule has 0 fully saturated rings. The Bertz CT molecular complexity index is 566. The first-order valence-corrected chi connectivity index (χ1v) is 6.52. The molecule has 1 unspecified atom stereocenters. The molecule has 0 spiro atoms. The topological polar surface area (TPSA) is 80.9 Å². The lowest BCUT2D eigenvalue weighted by molar-refractivity contribution is -0.118. The van der Waals surface area contributed by atoms with E-state index >= 15 is 0 Å². The lowest BCUT2D eigenvalue weighted by Crippen LogP contribution is -2.39. The van der Waals surface area contributed by atoms with Gasteiger partial charge in [0.05, 0.1) is 24.1 Å². The van der Waals surface area contributed by atoms with Gasteiger partial charge in [0.25, 0.3) is 0 Å². The van der Waals surface area contributed by atoms with Crippen molar-refractivity contribution in [1.82, 2.24) is 9.97 Å². The van der Waals surface area contributed by atoms with Crippen LogP contribution in [0.3, 0.4) is 0 Å². The van der Waals surface area contributed by atoms with Crippen LogP contribution in [0.4, 0.5) is 5.69 Å². The quantitative estimate of drug-likeness (QED) is 0.891. The first-order chi connectivity index (χ1) is 9.58. The lowest BCUT2D eigenvalue weighted by Gasteiger charge is -2.15. The van der Waals surface area contributed by atoms with Gasteiger partial charge in [-0.2, -0.15) is 0 Å². The summed E-state index contributed by atoms with van der Waals surface area (Å²) in [7, 11) is 0. The Labute approximate surface area is 118 Å². The van der Waals surface area contributed by atoms with Crippen molar-refractivity contribution in [2.24, 2.45) is 11.7 Å². The Balaban J connectivity index is 2.08. The van der Waals surface area contributed by atoms with Crippen molar-refractivity contribution in [3.63, 3.8) is 0 Å². The maximum atomic E-state index is 11.8. The van der Waals surface area contributed by atoms with E-state index in [4.69, 9.17) is 5.73 Å². The number of carbonyl (C=O) groups excluding carboxylic acids is 1. The van der Waals surface area contributed by atoms with E-state index in [9.17, 15) is 4.79 Å². The molecule has 2 aromatic rings. The average molecular weight is 270 g/mol. The Hall–Kier alpha value is -2.27. The van der Waals surface area contributed by atoms with Crippen LogP contribution in [-0.4, -0.2) is 21.9 Å². The minimum atomic E-state index is -0.538. The van der Waals surface area contributed by atoms with Gasteiger partial charge >= 0.3 is 0 Å². The molecule has 104 valence electrons. The van der Waals surface area contributed by atoms with Gasteiger partial charge in [0.2, 0.25) is 5.91 Å². The minimum absolute atomic E-state index is 0.0829. The van der Waals surface area contributed by atoms with Crippen LogP contribution in [0.1, 0.15) is 13.8 Å². The monoisotopic (exact) mass is 270 g/mol. The number of carbonyl (C=O) groups is 1.